The Bertz CT molecular complexity index is 834. The lowest BCUT2D eigenvalue weighted by Crippen LogP contribution is -2.07. The predicted molar refractivity (Wildman–Crippen MR) is 92.3 cm³/mol. The van der Waals surface area contributed by atoms with Gasteiger partial charge in [-0.15, -0.1) is 0 Å². The second-order valence-electron chi connectivity index (χ2n) is 5.10. The first kappa shape index (κ1) is 15.3. The summed E-state index contributed by atoms with van der Waals surface area (Å²) in [5, 5.41) is 16.5. The monoisotopic (exact) mass is 367 g/mol. The van der Waals surface area contributed by atoms with Crippen LogP contribution in [0.4, 0.5) is 5.69 Å². The molecule has 2 aromatic carbocycles. The number of benzene rings is 2. The van der Waals surface area contributed by atoms with Crippen molar-refractivity contribution >= 4 is 21.6 Å². The van der Waals surface area contributed by atoms with Crippen molar-refractivity contribution in [1.82, 2.24) is 14.8 Å². The van der Waals surface area contributed by atoms with Crippen LogP contribution in [0.1, 0.15) is 24.1 Å². The van der Waals surface area contributed by atoms with Crippen LogP contribution >= 0.6 is 15.9 Å². The van der Waals surface area contributed by atoms with Crippen LogP contribution in [-0.2, 0) is 0 Å². The zero-order valence-corrected chi connectivity index (χ0v) is 14.0. The number of hydrogen-bond acceptors (Lipinski definition) is 4. The Morgan fingerprint density at radius 1 is 1.22 bits per heavy atom. The maximum Gasteiger partial charge on any atom is 0.138 e. The fourth-order valence-corrected chi connectivity index (χ4v) is 2.77. The number of nitrogens with one attached hydrogen (secondary N) is 1. The van der Waals surface area contributed by atoms with Gasteiger partial charge in [0.05, 0.1) is 17.3 Å². The Morgan fingerprint density at radius 3 is 2.61 bits per heavy atom. The topological polar surface area (TPSA) is 66.5 Å². The summed E-state index contributed by atoms with van der Waals surface area (Å²) in [5.74, 6) is 0. The standard InChI is InChI=1S/C17H14BrN5/c1-12(22-17-7-2-13(9-19)8-16(17)18)14-3-5-15(6-4-14)23-11-20-10-21-23/h2-8,10-12,22H,1H3. The molecule has 0 bridgehead atoms. The summed E-state index contributed by atoms with van der Waals surface area (Å²) in [6.07, 6.45) is 3.19. The largest absolute Gasteiger partial charge is 0.378 e. The first-order valence-electron chi connectivity index (χ1n) is 7.08. The van der Waals surface area contributed by atoms with Crippen molar-refractivity contribution in [3.8, 4) is 11.8 Å². The lowest BCUT2D eigenvalue weighted by molar-refractivity contribution is 0.862. The van der Waals surface area contributed by atoms with E-state index in [0.29, 0.717) is 5.56 Å². The average molecular weight is 368 g/mol. The third-order valence-electron chi connectivity index (χ3n) is 3.55. The number of halogens is 1. The van der Waals surface area contributed by atoms with Crippen molar-refractivity contribution in [3.05, 3.63) is 70.7 Å². The van der Waals surface area contributed by atoms with Gasteiger partial charge in [-0.05, 0) is 58.7 Å². The third kappa shape index (κ3) is 3.41. The second-order valence-corrected chi connectivity index (χ2v) is 5.96. The molecule has 0 saturated heterocycles. The smallest absolute Gasteiger partial charge is 0.138 e. The molecular weight excluding hydrogens is 354 g/mol. The molecule has 6 heteroatoms. The van der Waals surface area contributed by atoms with Crippen LogP contribution in [0.2, 0.25) is 0 Å². The predicted octanol–water partition coefficient (Wildman–Crippen LogP) is 4.07. The SMILES string of the molecule is CC(Nc1ccc(C#N)cc1Br)c1ccc(-n2cncn2)cc1. The minimum absolute atomic E-state index is 0.129. The molecule has 23 heavy (non-hydrogen) atoms. The molecule has 1 N–H and O–H groups in total. The van der Waals surface area contributed by atoms with Crippen LogP contribution in [0.25, 0.3) is 5.69 Å². The van der Waals surface area contributed by atoms with E-state index < -0.39 is 0 Å². The van der Waals surface area contributed by atoms with Crippen molar-refractivity contribution in [2.24, 2.45) is 0 Å². The molecule has 1 atom stereocenters. The second kappa shape index (κ2) is 6.63. The maximum atomic E-state index is 8.91. The van der Waals surface area contributed by atoms with Crippen LogP contribution in [0.5, 0.6) is 0 Å². The van der Waals surface area contributed by atoms with Gasteiger partial charge >= 0.3 is 0 Å². The van der Waals surface area contributed by atoms with E-state index in [0.717, 1.165) is 21.4 Å². The number of nitriles is 1. The van der Waals surface area contributed by atoms with Crippen LogP contribution in [0, 0.1) is 11.3 Å². The first-order chi connectivity index (χ1) is 11.2. The van der Waals surface area contributed by atoms with Crippen LogP contribution < -0.4 is 5.32 Å². The molecule has 0 saturated carbocycles. The summed E-state index contributed by atoms with van der Waals surface area (Å²) < 4.78 is 2.60. The van der Waals surface area contributed by atoms with E-state index in [9.17, 15) is 0 Å². The van der Waals surface area contributed by atoms with Crippen molar-refractivity contribution in [2.45, 2.75) is 13.0 Å². The molecule has 0 fully saturated rings. The Kier molecular flexibility index (Phi) is 4.40. The van der Waals surface area contributed by atoms with Crippen LogP contribution in [0.15, 0.2) is 59.6 Å². The van der Waals surface area contributed by atoms with Gasteiger partial charge in [0.25, 0.3) is 0 Å². The van der Waals surface area contributed by atoms with E-state index in [4.69, 9.17) is 5.26 Å². The molecule has 0 aliphatic rings. The zero-order valence-electron chi connectivity index (χ0n) is 12.4. The Balaban J connectivity index is 1.76. The fourth-order valence-electron chi connectivity index (χ4n) is 2.28. The minimum atomic E-state index is 0.129. The Morgan fingerprint density at radius 2 is 2.00 bits per heavy atom. The summed E-state index contributed by atoms with van der Waals surface area (Å²) in [5.41, 5.74) is 3.72. The van der Waals surface area contributed by atoms with Gasteiger partial charge in [-0.2, -0.15) is 10.4 Å². The van der Waals surface area contributed by atoms with E-state index in [1.54, 1.807) is 17.1 Å². The molecule has 0 spiro atoms. The lowest BCUT2D eigenvalue weighted by Gasteiger charge is -2.17. The fraction of sp³-hybridized carbons (Fsp3) is 0.118. The van der Waals surface area contributed by atoms with Crippen molar-refractivity contribution in [1.29, 1.82) is 5.26 Å². The number of hydrogen-bond donors (Lipinski definition) is 1. The lowest BCUT2D eigenvalue weighted by atomic mass is 10.1. The Hall–Kier alpha value is -2.65. The molecule has 114 valence electrons. The average Bonchev–Trinajstić information content (AvgIpc) is 3.11. The van der Waals surface area contributed by atoms with Gasteiger partial charge in [0.2, 0.25) is 0 Å². The van der Waals surface area contributed by atoms with E-state index in [-0.39, 0.29) is 6.04 Å². The number of nitrogens with zero attached hydrogens (tertiary/aromatic N) is 4. The summed E-state index contributed by atoms with van der Waals surface area (Å²) in [6, 6.07) is 15.9. The van der Waals surface area contributed by atoms with Crippen molar-refractivity contribution in [3.63, 3.8) is 0 Å². The summed E-state index contributed by atoms with van der Waals surface area (Å²) in [7, 11) is 0. The molecule has 0 amide bonds. The van der Waals surface area contributed by atoms with E-state index in [1.807, 2.05) is 24.3 Å². The molecule has 0 radical (unpaired) electrons. The highest BCUT2D eigenvalue weighted by atomic mass is 79.9. The van der Waals surface area contributed by atoms with E-state index >= 15 is 0 Å². The van der Waals surface area contributed by atoms with Gasteiger partial charge in [-0.3, -0.25) is 0 Å². The highest BCUT2D eigenvalue weighted by Crippen LogP contribution is 2.27. The summed E-state index contributed by atoms with van der Waals surface area (Å²) in [6.45, 7) is 2.09. The van der Waals surface area contributed by atoms with Crippen LogP contribution in [-0.4, -0.2) is 14.8 Å². The normalized spacial score (nSPS) is 11.7. The molecular formula is C17H14BrN5. The quantitative estimate of drug-likeness (QED) is 0.754. The highest BCUT2D eigenvalue weighted by molar-refractivity contribution is 9.10. The van der Waals surface area contributed by atoms with E-state index in [2.05, 4.69) is 56.5 Å². The van der Waals surface area contributed by atoms with Crippen LogP contribution in [0.3, 0.4) is 0 Å². The Labute approximate surface area is 142 Å². The van der Waals surface area contributed by atoms with Gasteiger partial charge in [0.1, 0.15) is 12.7 Å². The molecule has 3 aromatic rings. The van der Waals surface area contributed by atoms with Crippen molar-refractivity contribution in [2.75, 3.05) is 5.32 Å². The van der Waals surface area contributed by atoms with Crippen molar-refractivity contribution < 1.29 is 0 Å². The molecule has 1 heterocycles. The molecule has 5 nitrogen and oxygen atoms in total. The molecule has 0 aliphatic heterocycles. The van der Waals surface area contributed by atoms with E-state index in [1.165, 1.54) is 6.33 Å². The molecule has 3 rings (SSSR count). The number of rotatable bonds is 4. The molecule has 1 unspecified atom stereocenters. The first-order valence-corrected chi connectivity index (χ1v) is 7.88. The summed E-state index contributed by atoms with van der Waals surface area (Å²) in [4.78, 5) is 3.95. The minimum Gasteiger partial charge on any atom is -0.378 e. The zero-order chi connectivity index (χ0) is 16.2. The number of anilines is 1. The molecule has 1 aromatic heterocycles. The number of aromatic nitrogens is 3. The third-order valence-corrected chi connectivity index (χ3v) is 4.20. The molecule has 0 aliphatic carbocycles. The van der Waals surface area contributed by atoms with Gasteiger partial charge in [0, 0.05) is 16.2 Å². The van der Waals surface area contributed by atoms with Gasteiger partial charge in [-0.1, -0.05) is 12.1 Å². The van der Waals surface area contributed by atoms with Gasteiger partial charge < -0.3 is 5.32 Å². The maximum absolute atomic E-state index is 8.91. The highest BCUT2D eigenvalue weighted by Gasteiger charge is 2.08. The van der Waals surface area contributed by atoms with Gasteiger partial charge in [0.15, 0.2) is 0 Å². The van der Waals surface area contributed by atoms with Gasteiger partial charge in [-0.25, -0.2) is 9.67 Å². The summed E-state index contributed by atoms with van der Waals surface area (Å²) >= 11 is 3.49.